The van der Waals surface area contributed by atoms with Crippen molar-refractivity contribution < 1.29 is 9.53 Å². The van der Waals surface area contributed by atoms with Crippen molar-refractivity contribution in [3.8, 4) is 0 Å². The fourth-order valence-corrected chi connectivity index (χ4v) is 2.65. The first-order chi connectivity index (χ1) is 6.86. The zero-order valence-corrected chi connectivity index (χ0v) is 10.2. The maximum Gasteiger partial charge on any atom is 0.238 e. The third kappa shape index (κ3) is 3.83. The number of thioether (sulfide) groups is 1. The molecule has 0 spiro atoms. The Kier molecular flexibility index (Phi) is 5.74. The number of halogens is 1. The van der Waals surface area contributed by atoms with Gasteiger partial charge in [-0.05, 0) is 12.8 Å². The third-order valence-electron chi connectivity index (χ3n) is 2.56. The Morgan fingerprint density at radius 2 is 2.47 bits per heavy atom. The third-order valence-corrected chi connectivity index (χ3v) is 3.50. The molecule has 15 heavy (non-hydrogen) atoms. The highest BCUT2D eigenvalue weighted by atomic mass is 35.5. The van der Waals surface area contributed by atoms with Gasteiger partial charge >= 0.3 is 0 Å². The first kappa shape index (κ1) is 13.1. The molecule has 0 aromatic heterocycles. The van der Waals surface area contributed by atoms with Crippen LogP contribution in [0.5, 0.6) is 0 Å². The van der Waals surface area contributed by atoms with E-state index in [0.29, 0.717) is 6.54 Å². The van der Waals surface area contributed by atoms with Gasteiger partial charge in [0.2, 0.25) is 5.91 Å². The van der Waals surface area contributed by atoms with E-state index in [1.807, 2.05) is 0 Å². The minimum absolute atomic E-state index is 0. The van der Waals surface area contributed by atoms with E-state index < -0.39 is 0 Å². The summed E-state index contributed by atoms with van der Waals surface area (Å²) in [4.78, 5) is 11.6. The molecule has 1 amide bonds. The number of carbonyl (C=O) groups is 1. The van der Waals surface area contributed by atoms with Gasteiger partial charge in [-0.3, -0.25) is 10.1 Å². The minimum Gasteiger partial charge on any atom is -0.376 e. The summed E-state index contributed by atoms with van der Waals surface area (Å²) >= 11 is 1.77. The van der Waals surface area contributed by atoms with Gasteiger partial charge in [0.05, 0.1) is 12.1 Å². The van der Waals surface area contributed by atoms with E-state index in [-0.39, 0.29) is 30.5 Å². The monoisotopic (exact) mass is 252 g/mol. The quantitative estimate of drug-likeness (QED) is 0.762. The molecule has 0 saturated carbocycles. The van der Waals surface area contributed by atoms with Crippen molar-refractivity contribution in [2.45, 2.75) is 25.0 Å². The SMILES string of the molecule is Cl.O=C(NCC1CCCO1)C1CSCN1. The number of rotatable bonds is 3. The number of nitrogens with one attached hydrogen (secondary N) is 2. The minimum atomic E-state index is 0. The highest BCUT2D eigenvalue weighted by molar-refractivity contribution is 7.99. The molecule has 0 aromatic carbocycles. The molecule has 4 nitrogen and oxygen atoms in total. The Labute approximate surface area is 100 Å². The molecule has 2 unspecified atom stereocenters. The lowest BCUT2D eigenvalue weighted by atomic mass is 10.2. The van der Waals surface area contributed by atoms with E-state index in [9.17, 15) is 4.79 Å². The van der Waals surface area contributed by atoms with Crippen molar-refractivity contribution in [1.29, 1.82) is 0 Å². The van der Waals surface area contributed by atoms with Gasteiger partial charge in [0.15, 0.2) is 0 Å². The topological polar surface area (TPSA) is 50.4 Å². The number of carbonyl (C=O) groups excluding carboxylic acids is 1. The van der Waals surface area contributed by atoms with Crippen LogP contribution in [0.1, 0.15) is 12.8 Å². The zero-order chi connectivity index (χ0) is 9.80. The predicted molar refractivity (Wildman–Crippen MR) is 63.5 cm³/mol. The largest absolute Gasteiger partial charge is 0.376 e. The molecule has 6 heteroatoms. The Morgan fingerprint density at radius 1 is 1.60 bits per heavy atom. The molecule has 2 fully saturated rings. The van der Waals surface area contributed by atoms with Gasteiger partial charge in [0, 0.05) is 24.8 Å². The second kappa shape index (κ2) is 6.58. The molecule has 0 bridgehead atoms. The number of hydrogen-bond donors (Lipinski definition) is 2. The van der Waals surface area contributed by atoms with Crippen molar-refractivity contribution in [2.75, 3.05) is 24.8 Å². The van der Waals surface area contributed by atoms with E-state index in [1.54, 1.807) is 11.8 Å². The fourth-order valence-electron chi connectivity index (χ4n) is 1.71. The first-order valence-electron chi connectivity index (χ1n) is 5.07. The average Bonchev–Trinajstić information content (AvgIpc) is 2.87. The molecule has 2 atom stereocenters. The molecule has 2 saturated heterocycles. The van der Waals surface area contributed by atoms with Gasteiger partial charge in [0.25, 0.3) is 0 Å². The standard InChI is InChI=1S/C9H16N2O2S.ClH/c12-9(8-5-14-6-11-8)10-4-7-2-1-3-13-7;/h7-8,11H,1-6H2,(H,10,12);1H. The van der Waals surface area contributed by atoms with Crippen LogP contribution in [0.2, 0.25) is 0 Å². The van der Waals surface area contributed by atoms with Crippen LogP contribution in [0.15, 0.2) is 0 Å². The van der Waals surface area contributed by atoms with E-state index in [0.717, 1.165) is 31.1 Å². The Bertz CT molecular complexity index is 206. The second-order valence-electron chi connectivity index (χ2n) is 3.65. The van der Waals surface area contributed by atoms with Crippen LogP contribution in [-0.2, 0) is 9.53 Å². The molecular weight excluding hydrogens is 236 g/mol. The van der Waals surface area contributed by atoms with Gasteiger partial charge < -0.3 is 10.1 Å². The Balaban J connectivity index is 0.00000112. The zero-order valence-electron chi connectivity index (χ0n) is 8.53. The van der Waals surface area contributed by atoms with E-state index >= 15 is 0 Å². The van der Waals surface area contributed by atoms with Crippen LogP contribution in [0.4, 0.5) is 0 Å². The molecule has 2 heterocycles. The molecule has 0 aliphatic carbocycles. The Hall–Kier alpha value is 0.0300. The molecule has 0 aromatic rings. The fraction of sp³-hybridized carbons (Fsp3) is 0.889. The summed E-state index contributed by atoms with van der Waals surface area (Å²) in [5.41, 5.74) is 0. The molecule has 88 valence electrons. The van der Waals surface area contributed by atoms with Gasteiger partial charge in [0.1, 0.15) is 0 Å². The van der Waals surface area contributed by atoms with E-state index in [1.165, 1.54) is 0 Å². The molecule has 2 aliphatic heterocycles. The summed E-state index contributed by atoms with van der Waals surface area (Å²) in [6, 6.07) is 0.00130. The van der Waals surface area contributed by atoms with Gasteiger partial charge in [-0.2, -0.15) is 0 Å². The molecule has 0 radical (unpaired) electrons. The highest BCUT2D eigenvalue weighted by Crippen LogP contribution is 2.12. The van der Waals surface area contributed by atoms with E-state index in [4.69, 9.17) is 4.74 Å². The summed E-state index contributed by atoms with van der Waals surface area (Å²) < 4.78 is 5.43. The average molecular weight is 253 g/mol. The van der Waals surface area contributed by atoms with Gasteiger partial charge in [-0.1, -0.05) is 0 Å². The lowest BCUT2D eigenvalue weighted by Crippen LogP contribution is -2.44. The summed E-state index contributed by atoms with van der Waals surface area (Å²) in [7, 11) is 0. The van der Waals surface area contributed by atoms with Crippen LogP contribution >= 0.6 is 24.2 Å². The van der Waals surface area contributed by atoms with Gasteiger partial charge in [-0.25, -0.2) is 0 Å². The van der Waals surface area contributed by atoms with Crippen LogP contribution in [-0.4, -0.2) is 42.8 Å². The molecule has 2 aliphatic rings. The second-order valence-corrected chi connectivity index (χ2v) is 4.68. The molecule has 2 N–H and O–H groups in total. The lowest BCUT2D eigenvalue weighted by molar-refractivity contribution is -0.122. The highest BCUT2D eigenvalue weighted by Gasteiger charge is 2.23. The van der Waals surface area contributed by atoms with Crippen molar-refractivity contribution in [3.63, 3.8) is 0 Å². The van der Waals surface area contributed by atoms with Crippen LogP contribution in [0, 0.1) is 0 Å². The van der Waals surface area contributed by atoms with Crippen molar-refractivity contribution in [2.24, 2.45) is 0 Å². The molecule has 2 rings (SSSR count). The van der Waals surface area contributed by atoms with Crippen molar-refractivity contribution in [3.05, 3.63) is 0 Å². The maximum absolute atomic E-state index is 11.6. The van der Waals surface area contributed by atoms with Crippen LogP contribution in [0.3, 0.4) is 0 Å². The number of ether oxygens (including phenoxy) is 1. The summed E-state index contributed by atoms with van der Waals surface area (Å²) in [6.07, 6.45) is 2.44. The van der Waals surface area contributed by atoms with Crippen molar-refractivity contribution >= 4 is 30.1 Å². The predicted octanol–water partition coefficient (Wildman–Crippen LogP) is 0.366. The van der Waals surface area contributed by atoms with Crippen LogP contribution < -0.4 is 10.6 Å². The Morgan fingerprint density at radius 3 is 3.07 bits per heavy atom. The van der Waals surface area contributed by atoms with Crippen molar-refractivity contribution in [1.82, 2.24) is 10.6 Å². The molecular formula is C9H17ClN2O2S. The first-order valence-corrected chi connectivity index (χ1v) is 6.22. The lowest BCUT2D eigenvalue weighted by Gasteiger charge is -2.13. The summed E-state index contributed by atoms with van der Waals surface area (Å²) in [5.74, 6) is 1.89. The summed E-state index contributed by atoms with van der Waals surface area (Å²) in [5, 5.41) is 6.07. The number of amides is 1. The number of hydrogen-bond acceptors (Lipinski definition) is 4. The van der Waals surface area contributed by atoms with E-state index in [2.05, 4.69) is 10.6 Å². The maximum atomic E-state index is 11.6. The normalized spacial score (nSPS) is 29.9. The summed E-state index contributed by atoms with van der Waals surface area (Å²) in [6.45, 7) is 1.51. The van der Waals surface area contributed by atoms with Crippen LogP contribution in [0.25, 0.3) is 0 Å². The smallest absolute Gasteiger partial charge is 0.238 e. The van der Waals surface area contributed by atoms with Gasteiger partial charge in [-0.15, -0.1) is 24.2 Å².